The van der Waals surface area contributed by atoms with Crippen LogP contribution in [0, 0.1) is 22.0 Å². The smallest absolute Gasteiger partial charge is 0.420 e. The van der Waals surface area contributed by atoms with E-state index in [2.05, 4.69) is 34.3 Å². The molecule has 0 radical (unpaired) electrons. The number of para-hydroxylation sites is 2. The third kappa shape index (κ3) is 14.4. The lowest BCUT2D eigenvalue weighted by Crippen LogP contribution is -2.34. The number of carbonyl (C=O) groups excluding carboxylic acids is 3. The molecule has 14 nitrogen and oxygen atoms in total. The molecule has 0 fully saturated rings. The number of rotatable bonds is 24. The third-order valence-electron chi connectivity index (χ3n) is 9.82. The van der Waals surface area contributed by atoms with Crippen LogP contribution in [0.1, 0.15) is 94.0 Å². The number of ether oxygens (including phenoxy) is 3. The van der Waals surface area contributed by atoms with Crippen LogP contribution in [-0.2, 0) is 15.3 Å². The minimum atomic E-state index is -0.831. The summed E-state index contributed by atoms with van der Waals surface area (Å²) < 4.78 is 17.4. The Morgan fingerprint density at radius 3 is 2.30 bits per heavy atom. The summed E-state index contributed by atoms with van der Waals surface area (Å²) in [5, 5.41) is 35.7. The molecule has 5 rings (SSSR count). The molecule has 4 aromatic carbocycles. The Labute approximate surface area is 379 Å². The van der Waals surface area contributed by atoms with Crippen LogP contribution >= 0.6 is 34.9 Å². The highest BCUT2D eigenvalue weighted by atomic mass is 32.2. The standard InChI is InChI=1S/C46H51N5O9S3/c1-4-6-8-9-10-11-12-13-14-17-27-50(37-21-18-19-34-33(37)24-25-35(42(34)53)43(54)47-36-20-15-16-22-39(36)58-3)46(55)60-40-26-23-32(29-38(40)51(56)57)30-61-44-48-49-45(63-44)62-31-41(52)59-28-7-5-2/h15-16,18-26,29,53H,4,6,8-14,17,27-28,30-31H2,1-3H3,(H,47,54). The number of nitro benzene ring substituents is 1. The van der Waals surface area contributed by atoms with E-state index < -0.39 is 22.9 Å². The van der Waals surface area contributed by atoms with E-state index in [0.717, 1.165) is 25.7 Å². The van der Waals surface area contributed by atoms with Gasteiger partial charge in [-0.2, -0.15) is 0 Å². The van der Waals surface area contributed by atoms with Gasteiger partial charge in [0.1, 0.15) is 11.5 Å². The van der Waals surface area contributed by atoms with E-state index in [4.69, 9.17) is 14.2 Å². The summed E-state index contributed by atoms with van der Waals surface area (Å²) in [5.74, 6) is 4.68. The normalized spacial score (nSPS) is 10.8. The molecule has 0 spiro atoms. The SMILES string of the molecule is CC#CCOC(=O)CSc1nnc(SCc2ccc(OC(=O)N(CCCCCCCCCCCC)c3cccc4c(O)c(C(=O)Nc5ccccc5OC)ccc34)c([N+](=O)[O-])c2)s1. The second-order valence-electron chi connectivity index (χ2n) is 14.2. The van der Waals surface area contributed by atoms with Gasteiger partial charge in [0.2, 0.25) is 5.75 Å². The third-order valence-corrected chi connectivity index (χ3v) is 13.1. The van der Waals surface area contributed by atoms with Gasteiger partial charge in [-0.3, -0.25) is 24.6 Å². The van der Waals surface area contributed by atoms with Crippen molar-refractivity contribution in [3.05, 3.63) is 94.0 Å². The molecule has 0 saturated heterocycles. The van der Waals surface area contributed by atoms with Crippen LogP contribution in [0.5, 0.6) is 17.2 Å². The average Bonchev–Trinajstić information content (AvgIpc) is 3.75. The van der Waals surface area contributed by atoms with E-state index in [1.165, 1.54) is 97.2 Å². The number of unbranched alkanes of at least 4 members (excludes halogenated alkanes) is 9. The number of carbonyl (C=O) groups is 3. The molecule has 0 unspecified atom stereocenters. The van der Waals surface area contributed by atoms with Crippen molar-refractivity contribution in [3.63, 3.8) is 0 Å². The Bertz CT molecular complexity index is 2420. The summed E-state index contributed by atoms with van der Waals surface area (Å²) in [6, 6.07) is 19.5. The fourth-order valence-corrected chi connectivity index (χ4v) is 9.35. The number of benzene rings is 4. The molecule has 17 heteroatoms. The van der Waals surface area contributed by atoms with Gasteiger partial charge in [0, 0.05) is 29.1 Å². The first kappa shape index (κ1) is 48.2. The highest BCUT2D eigenvalue weighted by molar-refractivity contribution is 8.03. The number of nitrogens with zero attached hydrogens (tertiary/aromatic N) is 4. The van der Waals surface area contributed by atoms with Crippen LogP contribution in [-0.4, -0.2) is 64.2 Å². The van der Waals surface area contributed by atoms with E-state index in [1.54, 1.807) is 61.5 Å². The van der Waals surface area contributed by atoms with Crippen molar-refractivity contribution in [2.75, 3.05) is 36.2 Å². The molecular weight excluding hydrogens is 863 g/mol. The van der Waals surface area contributed by atoms with Gasteiger partial charge in [-0.15, -0.1) is 16.1 Å². The number of nitro groups is 1. The van der Waals surface area contributed by atoms with Crippen molar-refractivity contribution in [1.82, 2.24) is 10.2 Å². The number of fused-ring (bicyclic) bond motifs is 1. The zero-order valence-electron chi connectivity index (χ0n) is 35.6. The Morgan fingerprint density at radius 2 is 1.59 bits per heavy atom. The molecule has 0 aliphatic heterocycles. The predicted molar refractivity (Wildman–Crippen MR) is 249 cm³/mol. The lowest BCUT2D eigenvalue weighted by molar-refractivity contribution is -0.385. The molecule has 1 heterocycles. The molecule has 2 amide bonds. The first-order valence-electron chi connectivity index (χ1n) is 20.7. The summed E-state index contributed by atoms with van der Waals surface area (Å²) >= 11 is 3.80. The van der Waals surface area contributed by atoms with Gasteiger partial charge in [-0.05, 0) is 49.2 Å². The van der Waals surface area contributed by atoms with E-state index in [1.807, 2.05) is 0 Å². The molecule has 1 aromatic heterocycles. The number of aromatic hydroxyl groups is 1. The van der Waals surface area contributed by atoms with Gasteiger partial charge >= 0.3 is 17.7 Å². The van der Waals surface area contributed by atoms with E-state index in [9.17, 15) is 29.6 Å². The Balaban J connectivity index is 1.32. The zero-order chi connectivity index (χ0) is 45.0. The largest absolute Gasteiger partial charge is 0.506 e. The van der Waals surface area contributed by atoms with E-state index in [0.29, 0.717) is 54.3 Å². The second kappa shape index (κ2) is 25.3. The molecule has 2 N–H and O–H groups in total. The van der Waals surface area contributed by atoms with Gasteiger partial charge in [-0.1, -0.05) is 142 Å². The van der Waals surface area contributed by atoms with Crippen LogP contribution in [0.25, 0.3) is 10.8 Å². The number of hydrogen-bond donors (Lipinski definition) is 2. The number of methoxy groups -OCH3 is 1. The van der Waals surface area contributed by atoms with Crippen molar-refractivity contribution >= 4 is 80.7 Å². The molecule has 0 aliphatic rings. The van der Waals surface area contributed by atoms with Crippen LogP contribution in [0.3, 0.4) is 0 Å². The number of hydrogen-bond acceptors (Lipinski definition) is 14. The number of aromatic nitrogens is 2. The summed E-state index contributed by atoms with van der Waals surface area (Å²) in [6.07, 6.45) is 10.0. The Morgan fingerprint density at radius 1 is 0.873 bits per heavy atom. The molecule has 0 saturated carbocycles. The summed E-state index contributed by atoms with van der Waals surface area (Å²) in [6.45, 7) is 4.13. The monoisotopic (exact) mass is 913 g/mol. The van der Waals surface area contributed by atoms with Crippen molar-refractivity contribution < 1.29 is 38.6 Å². The van der Waals surface area contributed by atoms with Crippen LogP contribution in [0.2, 0.25) is 0 Å². The quantitative estimate of drug-likeness (QED) is 0.0149. The van der Waals surface area contributed by atoms with Crippen LogP contribution in [0.4, 0.5) is 21.9 Å². The van der Waals surface area contributed by atoms with Gasteiger partial charge in [-0.25, -0.2) is 4.79 Å². The average molecular weight is 914 g/mol. The Kier molecular flexibility index (Phi) is 19.4. The number of thioether (sulfide) groups is 2. The van der Waals surface area contributed by atoms with Crippen molar-refractivity contribution in [2.24, 2.45) is 0 Å². The number of esters is 1. The van der Waals surface area contributed by atoms with Gasteiger partial charge < -0.3 is 24.6 Å². The van der Waals surface area contributed by atoms with Crippen molar-refractivity contribution in [3.8, 4) is 29.1 Å². The molecular formula is C46H51N5O9S3. The van der Waals surface area contributed by atoms with Crippen LogP contribution < -0.4 is 19.7 Å². The van der Waals surface area contributed by atoms with Gasteiger partial charge in [0.15, 0.2) is 15.3 Å². The minimum Gasteiger partial charge on any atom is -0.506 e. The van der Waals surface area contributed by atoms with E-state index >= 15 is 0 Å². The Hall–Kier alpha value is -5.83. The molecule has 63 heavy (non-hydrogen) atoms. The first-order chi connectivity index (χ1) is 30.6. The number of phenolic OH excluding ortho intramolecular Hbond substituents is 1. The number of phenols is 1. The molecule has 0 bridgehead atoms. The zero-order valence-corrected chi connectivity index (χ0v) is 38.0. The fourth-order valence-electron chi connectivity index (χ4n) is 6.59. The first-order valence-corrected chi connectivity index (χ1v) is 23.5. The predicted octanol–water partition coefficient (Wildman–Crippen LogP) is 11.4. The minimum absolute atomic E-state index is 0.0181. The number of amides is 2. The summed E-state index contributed by atoms with van der Waals surface area (Å²) in [4.78, 5) is 52.7. The van der Waals surface area contributed by atoms with Crippen LogP contribution in [0.15, 0.2) is 81.5 Å². The molecule has 5 aromatic rings. The number of anilines is 2. The molecule has 0 atom stereocenters. The second-order valence-corrected chi connectivity index (χ2v) is 17.7. The van der Waals surface area contributed by atoms with Crippen molar-refractivity contribution in [2.45, 2.75) is 92.5 Å². The van der Waals surface area contributed by atoms with Gasteiger partial charge in [0.05, 0.1) is 34.7 Å². The topological polar surface area (TPSA) is 183 Å². The lowest BCUT2D eigenvalue weighted by Gasteiger charge is -2.24. The maximum atomic E-state index is 14.2. The van der Waals surface area contributed by atoms with Crippen molar-refractivity contribution in [1.29, 1.82) is 0 Å². The maximum absolute atomic E-state index is 14.2. The number of nitrogens with one attached hydrogen (secondary N) is 1. The highest BCUT2D eigenvalue weighted by Crippen LogP contribution is 2.38. The summed E-state index contributed by atoms with van der Waals surface area (Å²) in [5.41, 5.74) is 1.06. The summed E-state index contributed by atoms with van der Waals surface area (Å²) in [7, 11) is 1.50. The van der Waals surface area contributed by atoms with Gasteiger partial charge in [0.25, 0.3) is 5.91 Å². The maximum Gasteiger partial charge on any atom is 0.420 e. The highest BCUT2D eigenvalue weighted by Gasteiger charge is 2.26. The molecule has 332 valence electrons. The fraction of sp³-hybridized carbons (Fsp3) is 0.370. The molecule has 0 aliphatic carbocycles. The lowest BCUT2D eigenvalue weighted by atomic mass is 10.0. The van der Waals surface area contributed by atoms with E-state index in [-0.39, 0.29) is 41.7 Å².